The molecule has 0 unspecified atom stereocenters. The molecule has 0 aliphatic heterocycles. The number of benzene rings is 1. The summed E-state index contributed by atoms with van der Waals surface area (Å²) in [7, 11) is 2.79. The fourth-order valence-corrected chi connectivity index (χ4v) is 1.46. The molecule has 0 fully saturated rings. The summed E-state index contributed by atoms with van der Waals surface area (Å²) in [6, 6.07) is 2.01. The second-order valence-corrected chi connectivity index (χ2v) is 3.57. The predicted molar refractivity (Wildman–Crippen MR) is 72.4 cm³/mol. The molecule has 0 aliphatic rings. The van der Waals surface area contributed by atoms with Crippen LogP contribution < -0.4 is 20.1 Å². The number of carbonyl (C=O) groups is 2. The van der Waals surface area contributed by atoms with E-state index in [1.54, 1.807) is 0 Å². The van der Waals surface area contributed by atoms with E-state index in [4.69, 9.17) is 21.0 Å². The molecule has 0 bridgehead atoms. The Balaban J connectivity index is 3.13. The van der Waals surface area contributed by atoms with Gasteiger partial charge in [-0.1, -0.05) is 5.92 Å². The quantitative estimate of drug-likeness (QED) is 0.702. The first-order valence-corrected chi connectivity index (χ1v) is 5.51. The summed E-state index contributed by atoms with van der Waals surface area (Å²) in [4.78, 5) is 22.7. The fraction of sp³-hybridized carbons (Fsp3) is 0.231. The molecule has 1 aromatic carbocycles. The van der Waals surface area contributed by atoms with Crippen molar-refractivity contribution in [2.75, 3.05) is 26.1 Å². The standard InChI is InChI=1S/C13H14N2O5/c1-4-5-14-13(18)15-9-7-11(20-3)10(19-2)6-8(9)12(16)17/h1,6-7H,5H2,2-3H3,(H,16,17)(H2,14,15,18). The van der Waals surface area contributed by atoms with Crippen LogP contribution in [-0.4, -0.2) is 37.9 Å². The van der Waals surface area contributed by atoms with Crippen LogP contribution >= 0.6 is 0 Å². The number of carbonyl (C=O) groups excluding carboxylic acids is 1. The van der Waals surface area contributed by atoms with Crippen molar-refractivity contribution in [3.8, 4) is 23.8 Å². The summed E-state index contributed by atoms with van der Waals surface area (Å²) in [5.41, 5.74) is -0.0526. The van der Waals surface area contributed by atoms with Gasteiger partial charge in [-0.25, -0.2) is 9.59 Å². The maximum Gasteiger partial charge on any atom is 0.337 e. The number of anilines is 1. The third-order valence-electron chi connectivity index (χ3n) is 2.35. The lowest BCUT2D eigenvalue weighted by Crippen LogP contribution is -2.29. The zero-order valence-electron chi connectivity index (χ0n) is 11.0. The van der Waals surface area contributed by atoms with Gasteiger partial charge in [0.1, 0.15) is 0 Å². The number of rotatable bonds is 5. The molecule has 3 N–H and O–H groups in total. The lowest BCUT2D eigenvalue weighted by Gasteiger charge is -2.13. The van der Waals surface area contributed by atoms with E-state index in [9.17, 15) is 9.59 Å². The molecule has 106 valence electrons. The van der Waals surface area contributed by atoms with Gasteiger partial charge in [-0.15, -0.1) is 6.42 Å². The van der Waals surface area contributed by atoms with E-state index >= 15 is 0 Å². The van der Waals surface area contributed by atoms with Crippen LogP contribution in [0.3, 0.4) is 0 Å². The molecule has 0 atom stereocenters. The number of ether oxygens (including phenoxy) is 2. The van der Waals surface area contributed by atoms with E-state index in [2.05, 4.69) is 16.6 Å². The lowest BCUT2D eigenvalue weighted by molar-refractivity contribution is 0.0697. The van der Waals surface area contributed by atoms with Gasteiger partial charge in [0.25, 0.3) is 0 Å². The number of carboxylic acid groups (broad SMARTS) is 1. The van der Waals surface area contributed by atoms with Crippen LogP contribution in [0.5, 0.6) is 11.5 Å². The summed E-state index contributed by atoms with van der Waals surface area (Å²) < 4.78 is 10.1. The van der Waals surface area contributed by atoms with Gasteiger partial charge in [0.2, 0.25) is 0 Å². The molecule has 0 heterocycles. The average molecular weight is 278 g/mol. The van der Waals surface area contributed by atoms with Gasteiger partial charge < -0.3 is 25.2 Å². The van der Waals surface area contributed by atoms with Crippen molar-refractivity contribution in [1.29, 1.82) is 0 Å². The van der Waals surface area contributed by atoms with E-state index in [1.165, 1.54) is 26.4 Å². The van der Waals surface area contributed by atoms with Crippen molar-refractivity contribution >= 4 is 17.7 Å². The molecule has 0 aromatic heterocycles. The number of urea groups is 1. The minimum Gasteiger partial charge on any atom is -0.493 e. The van der Waals surface area contributed by atoms with E-state index in [0.29, 0.717) is 5.75 Å². The molecule has 7 nitrogen and oxygen atoms in total. The molecule has 2 amide bonds. The summed E-state index contributed by atoms with van der Waals surface area (Å²) in [5.74, 6) is 1.57. The number of terminal acetylenes is 1. The Hall–Kier alpha value is -2.88. The number of hydrogen-bond donors (Lipinski definition) is 3. The first kappa shape index (κ1) is 15.2. The summed E-state index contributed by atoms with van der Waals surface area (Å²) in [6.45, 7) is 0.0293. The SMILES string of the molecule is C#CCNC(=O)Nc1cc(OC)c(OC)cc1C(=O)O. The van der Waals surface area contributed by atoms with Gasteiger partial charge in [0.05, 0.1) is 32.0 Å². The molecule has 1 aromatic rings. The number of methoxy groups -OCH3 is 2. The van der Waals surface area contributed by atoms with Gasteiger partial charge in [0.15, 0.2) is 11.5 Å². The second-order valence-electron chi connectivity index (χ2n) is 3.57. The maximum atomic E-state index is 11.5. The van der Waals surface area contributed by atoms with E-state index in [0.717, 1.165) is 0 Å². The molecular weight excluding hydrogens is 264 g/mol. The lowest BCUT2D eigenvalue weighted by atomic mass is 10.1. The van der Waals surface area contributed by atoms with Gasteiger partial charge in [0, 0.05) is 12.1 Å². The third-order valence-corrected chi connectivity index (χ3v) is 2.35. The summed E-state index contributed by atoms with van der Waals surface area (Å²) >= 11 is 0. The first-order chi connectivity index (χ1) is 9.53. The zero-order valence-corrected chi connectivity index (χ0v) is 11.0. The summed E-state index contributed by atoms with van der Waals surface area (Å²) in [5, 5.41) is 13.9. The number of nitrogens with one attached hydrogen (secondary N) is 2. The Kier molecular flexibility index (Phi) is 5.23. The predicted octanol–water partition coefficient (Wildman–Crippen LogP) is 1.16. The van der Waals surface area contributed by atoms with Gasteiger partial charge in [-0.2, -0.15) is 0 Å². The minimum absolute atomic E-state index is 0.0293. The molecule has 0 radical (unpaired) electrons. The van der Waals surface area contributed by atoms with Crippen molar-refractivity contribution in [2.24, 2.45) is 0 Å². The van der Waals surface area contributed by atoms with Crippen LogP contribution in [0.25, 0.3) is 0 Å². The smallest absolute Gasteiger partial charge is 0.337 e. The summed E-state index contributed by atoms with van der Waals surface area (Å²) in [6.07, 6.45) is 5.01. The highest BCUT2D eigenvalue weighted by molar-refractivity contribution is 6.01. The highest BCUT2D eigenvalue weighted by Gasteiger charge is 2.17. The molecule has 0 aliphatic carbocycles. The Bertz CT molecular complexity index is 563. The third kappa shape index (κ3) is 3.55. The minimum atomic E-state index is -1.21. The van der Waals surface area contributed by atoms with Crippen LogP contribution in [0.1, 0.15) is 10.4 Å². The Morgan fingerprint density at radius 1 is 1.30 bits per heavy atom. The van der Waals surface area contributed by atoms with Crippen LogP contribution in [0.2, 0.25) is 0 Å². The van der Waals surface area contributed by atoms with Crippen LogP contribution in [0.4, 0.5) is 10.5 Å². The molecule has 0 spiro atoms. The van der Waals surface area contributed by atoms with Crippen molar-refractivity contribution in [1.82, 2.24) is 5.32 Å². The molecule has 1 rings (SSSR count). The zero-order chi connectivity index (χ0) is 15.1. The average Bonchev–Trinajstić information content (AvgIpc) is 2.44. The van der Waals surface area contributed by atoms with E-state index < -0.39 is 12.0 Å². The topological polar surface area (TPSA) is 96.9 Å². The largest absolute Gasteiger partial charge is 0.493 e. The van der Waals surface area contributed by atoms with Gasteiger partial charge in [-0.05, 0) is 0 Å². The van der Waals surface area contributed by atoms with E-state index in [1.807, 2.05) is 0 Å². The number of carboxylic acids is 1. The van der Waals surface area contributed by atoms with E-state index in [-0.39, 0.29) is 23.5 Å². The van der Waals surface area contributed by atoms with Gasteiger partial charge in [-0.3, -0.25) is 0 Å². The van der Waals surface area contributed by atoms with Crippen molar-refractivity contribution in [3.63, 3.8) is 0 Å². The number of hydrogen-bond acceptors (Lipinski definition) is 4. The number of amides is 2. The first-order valence-electron chi connectivity index (χ1n) is 5.51. The monoisotopic (exact) mass is 278 g/mol. The Labute approximate surface area is 115 Å². The van der Waals surface area contributed by atoms with Crippen LogP contribution in [0.15, 0.2) is 12.1 Å². The molecular formula is C13H14N2O5. The highest BCUT2D eigenvalue weighted by atomic mass is 16.5. The van der Waals surface area contributed by atoms with Gasteiger partial charge >= 0.3 is 12.0 Å². The number of aromatic carboxylic acids is 1. The van der Waals surface area contributed by atoms with Crippen LogP contribution in [-0.2, 0) is 0 Å². The molecule has 0 saturated heterocycles. The fourth-order valence-electron chi connectivity index (χ4n) is 1.46. The Morgan fingerprint density at radius 3 is 2.40 bits per heavy atom. The molecule has 0 saturated carbocycles. The molecule has 7 heteroatoms. The Morgan fingerprint density at radius 2 is 1.90 bits per heavy atom. The highest BCUT2D eigenvalue weighted by Crippen LogP contribution is 2.33. The van der Waals surface area contributed by atoms with Crippen LogP contribution in [0, 0.1) is 12.3 Å². The molecule has 20 heavy (non-hydrogen) atoms. The maximum absolute atomic E-state index is 11.5. The second kappa shape index (κ2) is 6.89. The van der Waals surface area contributed by atoms with Crippen molar-refractivity contribution in [2.45, 2.75) is 0 Å². The van der Waals surface area contributed by atoms with Crippen molar-refractivity contribution in [3.05, 3.63) is 17.7 Å². The normalized spacial score (nSPS) is 9.25. The van der Waals surface area contributed by atoms with Crippen molar-refractivity contribution < 1.29 is 24.2 Å².